The second-order valence-corrected chi connectivity index (χ2v) is 23.0. The quantitative estimate of drug-likeness (QED) is 0.337. The van der Waals surface area contributed by atoms with Gasteiger partial charge in [0, 0.05) is 34.8 Å². The van der Waals surface area contributed by atoms with Crippen molar-refractivity contribution in [1.29, 1.82) is 0 Å². The second kappa shape index (κ2) is 5.18. The van der Waals surface area contributed by atoms with Gasteiger partial charge in [-0.2, -0.15) is 0 Å². The highest BCUT2D eigenvalue weighted by Gasteiger charge is 2.48. The minimum absolute atomic E-state index is 0.327. The summed E-state index contributed by atoms with van der Waals surface area (Å²) in [6.45, 7) is 3.63. The van der Waals surface area contributed by atoms with Crippen LogP contribution in [0.4, 0.5) is 0 Å². The van der Waals surface area contributed by atoms with Gasteiger partial charge in [0.15, 0.2) is 0 Å². The molecule has 0 aromatic carbocycles. The minimum Gasteiger partial charge on any atom is -0.604 e. The molecule has 0 bridgehead atoms. The van der Waals surface area contributed by atoms with Gasteiger partial charge >= 0.3 is 0 Å². The van der Waals surface area contributed by atoms with Gasteiger partial charge in [0.2, 0.25) is 0 Å². The van der Waals surface area contributed by atoms with E-state index >= 15 is 0 Å². The standard InChI is InChI=1S/C7H18O3S5/c1-6-7-15(12,10-3,13(4)8)14(5,11)9-2/h6,14H,1,7H2,2-5H3. The molecule has 0 spiro atoms. The summed E-state index contributed by atoms with van der Waals surface area (Å²) in [5.41, 5.74) is 0. The molecule has 0 aromatic rings. The fraction of sp³-hybridized carbons (Fsp3) is 0.714. The zero-order valence-electron chi connectivity index (χ0n) is 9.30. The van der Waals surface area contributed by atoms with Crippen LogP contribution in [0.25, 0.3) is 0 Å². The zero-order valence-corrected chi connectivity index (χ0v) is 13.5. The van der Waals surface area contributed by atoms with E-state index in [1.54, 1.807) is 12.3 Å². The van der Waals surface area contributed by atoms with E-state index in [4.69, 9.17) is 30.7 Å². The Morgan fingerprint density at radius 3 is 2.27 bits per heavy atom. The van der Waals surface area contributed by atoms with E-state index in [-0.39, 0.29) is 0 Å². The summed E-state index contributed by atoms with van der Waals surface area (Å²) in [7, 11) is -0.824. The molecular weight excluding hydrogens is 292 g/mol. The van der Waals surface area contributed by atoms with Crippen molar-refractivity contribution in [3.05, 3.63) is 12.7 Å². The first-order valence-electron chi connectivity index (χ1n) is 3.99. The Morgan fingerprint density at radius 1 is 1.60 bits per heavy atom. The van der Waals surface area contributed by atoms with Crippen LogP contribution in [0.2, 0.25) is 0 Å². The van der Waals surface area contributed by atoms with Gasteiger partial charge in [-0.05, 0) is 19.1 Å². The average molecular weight is 311 g/mol. The molecule has 3 nitrogen and oxygen atoms in total. The lowest BCUT2D eigenvalue weighted by Gasteiger charge is -2.51. The number of thiol groups is 1. The molecule has 0 amide bonds. The molecule has 0 fully saturated rings. The summed E-state index contributed by atoms with van der Waals surface area (Å²) in [6.07, 6.45) is 4.89. The van der Waals surface area contributed by atoms with Crippen molar-refractivity contribution in [2.24, 2.45) is 0 Å². The molecule has 15 heavy (non-hydrogen) atoms. The van der Waals surface area contributed by atoms with Gasteiger partial charge in [-0.1, -0.05) is 6.08 Å². The van der Waals surface area contributed by atoms with Crippen LogP contribution in [0.3, 0.4) is 0 Å². The van der Waals surface area contributed by atoms with Gasteiger partial charge in [-0.3, -0.25) is 4.18 Å². The van der Waals surface area contributed by atoms with Crippen molar-refractivity contribution < 1.29 is 12.9 Å². The van der Waals surface area contributed by atoms with Crippen molar-refractivity contribution in [3.8, 4) is 0 Å². The number of hydrogen-bond acceptors (Lipinski definition) is 5. The first-order chi connectivity index (χ1) is 6.69. The van der Waals surface area contributed by atoms with E-state index in [2.05, 4.69) is 6.58 Å². The van der Waals surface area contributed by atoms with Crippen molar-refractivity contribution in [2.45, 2.75) is 0 Å². The minimum atomic E-state index is -3.14. The maximum Gasteiger partial charge on any atom is 0.109 e. The maximum atomic E-state index is 12.0. The maximum absolute atomic E-state index is 12.0. The van der Waals surface area contributed by atoms with Gasteiger partial charge < -0.3 is 8.74 Å². The predicted octanol–water partition coefficient (Wildman–Crippen LogP) is 0.633. The summed E-state index contributed by atoms with van der Waals surface area (Å²) in [6, 6.07) is -3.14. The molecule has 0 aliphatic rings. The molecule has 0 rings (SSSR count). The van der Waals surface area contributed by atoms with Crippen molar-refractivity contribution in [2.75, 3.05) is 32.5 Å². The molecule has 0 aliphatic carbocycles. The Morgan fingerprint density at radius 2 is 2.07 bits per heavy atom. The molecule has 0 radical (unpaired) electrons. The van der Waals surface area contributed by atoms with Crippen molar-refractivity contribution in [1.82, 2.24) is 0 Å². The lowest BCUT2D eigenvalue weighted by Crippen LogP contribution is -2.53. The van der Waals surface area contributed by atoms with Crippen LogP contribution >= 0.6 is 0 Å². The van der Waals surface area contributed by atoms with Crippen LogP contribution in [0.1, 0.15) is 0 Å². The van der Waals surface area contributed by atoms with Gasteiger partial charge in [0.25, 0.3) is 0 Å². The van der Waals surface area contributed by atoms with Gasteiger partial charge in [0.05, 0.1) is 18.9 Å². The summed E-state index contributed by atoms with van der Waals surface area (Å²) >= 11 is 11.0. The van der Waals surface area contributed by atoms with Crippen LogP contribution in [-0.4, -0.2) is 37.0 Å². The lowest BCUT2D eigenvalue weighted by atomic mass is 10.8. The third kappa shape index (κ3) is 2.37. The third-order valence-corrected chi connectivity index (χ3v) is 29.8. The molecule has 0 heterocycles. The van der Waals surface area contributed by atoms with Gasteiger partial charge in [-0.15, -0.1) is 6.58 Å². The highest BCUT2D eigenvalue weighted by Crippen LogP contribution is 2.45. The van der Waals surface area contributed by atoms with Gasteiger partial charge in [-0.25, -0.2) is 0 Å². The van der Waals surface area contributed by atoms with Crippen LogP contribution in [0, 0.1) is 0 Å². The van der Waals surface area contributed by atoms with E-state index in [0.717, 1.165) is 0 Å². The SMILES string of the molecule is C=CCS(=S)(OC)([S+](C)[O-])[SH](C)(=S)OC. The normalized spacial score (nSPS) is 18.9. The first-order valence-corrected chi connectivity index (χ1v) is 12.9. The van der Waals surface area contributed by atoms with Crippen LogP contribution in [0.15, 0.2) is 12.7 Å². The van der Waals surface area contributed by atoms with Gasteiger partial charge in [0.1, 0.15) is 6.26 Å². The molecule has 0 saturated carbocycles. The summed E-state index contributed by atoms with van der Waals surface area (Å²) in [5.74, 6) is 0.327. The molecule has 8 heteroatoms. The molecular formula is C7H18O3S5. The monoisotopic (exact) mass is 310 g/mol. The molecule has 1 unspecified atom stereocenters. The molecule has 0 aromatic heterocycles. The zero-order chi connectivity index (χ0) is 12.4. The second-order valence-electron chi connectivity index (χ2n) is 2.89. The van der Waals surface area contributed by atoms with E-state index in [0.29, 0.717) is 5.75 Å². The Balaban J connectivity index is 5.89. The van der Waals surface area contributed by atoms with Crippen LogP contribution in [-0.2, 0) is 54.9 Å². The summed E-state index contributed by atoms with van der Waals surface area (Å²) in [5, 5.41) is 0. The highest BCUT2D eigenvalue weighted by atomic mass is 33.8. The van der Waals surface area contributed by atoms with Crippen LogP contribution in [0.5, 0.6) is 0 Å². The number of hydrogen-bond donors (Lipinski definition) is 1. The van der Waals surface area contributed by atoms with Crippen molar-refractivity contribution in [3.63, 3.8) is 0 Å². The Bertz CT molecular complexity index is 351. The fourth-order valence-electron chi connectivity index (χ4n) is 1.06. The lowest BCUT2D eigenvalue weighted by molar-refractivity contribution is 0.457. The van der Waals surface area contributed by atoms with Crippen LogP contribution < -0.4 is 0 Å². The predicted molar refractivity (Wildman–Crippen MR) is 79.9 cm³/mol. The average Bonchev–Trinajstić information content (AvgIpc) is 2.17. The summed E-state index contributed by atoms with van der Waals surface area (Å²) < 4.78 is 22.7. The molecule has 0 saturated heterocycles. The fourth-order valence-corrected chi connectivity index (χ4v) is 16.8. The molecule has 1 atom stereocenters. The molecule has 0 N–H and O–H groups in total. The van der Waals surface area contributed by atoms with E-state index in [1.807, 2.05) is 0 Å². The molecule has 94 valence electrons. The molecule has 0 aliphatic heterocycles. The first kappa shape index (κ1) is 16.1. The number of rotatable bonds is 6. The Hall–Kier alpha value is 1.11. The van der Waals surface area contributed by atoms with E-state index in [9.17, 15) is 4.55 Å². The highest BCUT2D eigenvalue weighted by molar-refractivity contribution is 9.27. The van der Waals surface area contributed by atoms with E-state index in [1.165, 1.54) is 20.5 Å². The third-order valence-electron chi connectivity index (χ3n) is 2.16. The van der Waals surface area contributed by atoms with E-state index < -0.39 is 24.2 Å². The largest absolute Gasteiger partial charge is 0.604 e. The van der Waals surface area contributed by atoms with Crippen molar-refractivity contribution >= 4 is 46.5 Å². The topological polar surface area (TPSA) is 41.5 Å². The Labute approximate surface area is 104 Å². The summed E-state index contributed by atoms with van der Waals surface area (Å²) in [4.78, 5) is 0. The smallest absolute Gasteiger partial charge is 0.109 e. The Kier molecular flexibility index (Phi) is 5.56.